The molecule has 0 saturated carbocycles. The molecule has 0 aliphatic carbocycles. The second kappa shape index (κ2) is 1.92. The van der Waals surface area contributed by atoms with Gasteiger partial charge in [-0.05, 0) is 15.9 Å². The van der Waals surface area contributed by atoms with Gasteiger partial charge in [0.05, 0.1) is 0 Å². The highest BCUT2D eigenvalue weighted by molar-refractivity contribution is 9.09. The molecule has 1 rings (SSSR count). The minimum absolute atomic E-state index is 0.0640. The Morgan fingerprint density at radius 3 is 2.71 bits per heavy atom. The largest absolute Gasteiger partial charge is 0.360 e. The number of rotatable bonds is 0. The number of hydrogen-bond acceptors (Lipinski definition) is 2. The van der Waals surface area contributed by atoms with E-state index in [2.05, 4.69) is 21.2 Å². The van der Waals surface area contributed by atoms with Crippen LogP contribution in [0.1, 0.15) is 0 Å². The van der Waals surface area contributed by atoms with Gasteiger partial charge in [0.2, 0.25) is 0 Å². The molecule has 0 aromatic heterocycles. The van der Waals surface area contributed by atoms with Crippen LogP contribution in [0.25, 0.3) is 0 Å². The predicted octanol–water partition coefficient (Wildman–Crippen LogP) is 1.20. The van der Waals surface area contributed by atoms with Crippen LogP contribution in [-0.2, 0) is 0 Å². The lowest BCUT2D eigenvalue weighted by molar-refractivity contribution is 0.577. The van der Waals surface area contributed by atoms with Crippen molar-refractivity contribution in [2.45, 2.75) is 5.08 Å². The molecular formula is C3H4BrClN2. The molecule has 2 nitrogen and oxygen atoms in total. The van der Waals surface area contributed by atoms with Gasteiger partial charge in [-0.1, -0.05) is 0 Å². The highest BCUT2D eigenvalue weighted by atomic mass is 79.9. The number of hydrogen-bond donors (Lipinski definition) is 1. The molecule has 0 spiro atoms. The van der Waals surface area contributed by atoms with E-state index in [0.29, 0.717) is 0 Å². The van der Waals surface area contributed by atoms with Crippen LogP contribution in [-0.4, -0.2) is 9.49 Å². The molecule has 4 heteroatoms. The second-order valence-electron chi connectivity index (χ2n) is 1.16. The van der Waals surface area contributed by atoms with Crippen molar-refractivity contribution in [3.63, 3.8) is 0 Å². The molecule has 7 heavy (non-hydrogen) atoms. The van der Waals surface area contributed by atoms with Crippen LogP contribution in [0.15, 0.2) is 12.4 Å². The number of alkyl halides is 1. The summed E-state index contributed by atoms with van der Waals surface area (Å²) in [5.41, 5.74) is 0. The normalized spacial score (nSPS) is 28.3. The van der Waals surface area contributed by atoms with E-state index in [0.717, 1.165) is 0 Å². The van der Waals surface area contributed by atoms with Crippen LogP contribution < -0.4 is 5.32 Å². The first-order valence-corrected chi connectivity index (χ1v) is 3.07. The monoisotopic (exact) mass is 182 g/mol. The zero-order valence-electron chi connectivity index (χ0n) is 3.44. The van der Waals surface area contributed by atoms with E-state index in [1.54, 1.807) is 12.4 Å². The fourth-order valence-electron chi connectivity index (χ4n) is 0.340. The Labute approximate surface area is 55.4 Å². The third kappa shape index (κ3) is 1.01. The first-order valence-electron chi connectivity index (χ1n) is 1.81. The molecule has 0 fully saturated rings. The maximum Gasteiger partial charge on any atom is 0.170 e. The zero-order valence-corrected chi connectivity index (χ0v) is 5.78. The van der Waals surface area contributed by atoms with Crippen molar-refractivity contribution >= 4 is 27.7 Å². The van der Waals surface area contributed by atoms with E-state index in [1.165, 1.54) is 4.42 Å². The summed E-state index contributed by atoms with van der Waals surface area (Å²) in [5, 5.41) is 2.96. The Bertz CT molecular complexity index is 94.9. The van der Waals surface area contributed by atoms with E-state index < -0.39 is 0 Å². The van der Waals surface area contributed by atoms with Crippen LogP contribution in [0.3, 0.4) is 0 Å². The number of halogens is 2. The fraction of sp³-hybridized carbons (Fsp3) is 0.333. The molecular weight excluding hydrogens is 179 g/mol. The van der Waals surface area contributed by atoms with Crippen LogP contribution in [0, 0.1) is 0 Å². The first-order chi connectivity index (χ1) is 3.30. The summed E-state index contributed by atoms with van der Waals surface area (Å²) < 4.78 is 1.50. The summed E-state index contributed by atoms with van der Waals surface area (Å²) in [6.07, 6.45) is 3.51. The molecule has 40 valence electrons. The molecule has 1 N–H and O–H groups in total. The minimum atomic E-state index is 0.0640. The third-order valence-corrected chi connectivity index (χ3v) is 1.92. The Morgan fingerprint density at radius 2 is 2.57 bits per heavy atom. The molecule has 0 bridgehead atoms. The molecule has 0 saturated heterocycles. The van der Waals surface area contributed by atoms with Gasteiger partial charge in [-0.25, -0.2) is 0 Å². The Morgan fingerprint density at radius 1 is 1.86 bits per heavy atom. The summed E-state index contributed by atoms with van der Waals surface area (Å²) in [6, 6.07) is 0. The van der Waals surface area contributed by atoms with Gasteiger partial charge < -0.3 is 5.32 Å². The van der Waals surface area contributed by atoms with Gasteiger partial charge in [-0.15, -0.1) is 0 Å². The molecule has 1 aliphatic heterocycles. The smallest absolute Gasteiger partial charge is 0.170 e. The van der Waals surface area contributed by atoms with Crippen molar-refractivity contribution in [2.24, 2.45) is 0 Å². The van der Waals surface area contributed by atoms with Gasteiger partial charge in [0.1, 0.15) is 0 Å². The molecule has 0 aromatic carbocycles. The Hall–Kier alpha value is 0.110. The van der Waals surface area contributed by atoms with Crippen molar-refractivity contribution in [1.82, 2.24) is 9.74 Å². The van der Waals surface area contributed by atoms with Crippen molar-refractivity contribution in [3.05, 3.63) is 12.4 Å². The van der Waals surface area contributed by atoms with E-state index >= 15 is 0 Å². The van der Waals surface area contributed by atoms with Gasteiger partial charge in [-0.2, -0.15) is 0 Å². The molecule has 1 unspecified atom stereocenters. The summed E-state index contributed by atoms with van der Waals surface area (Å²) in [5.74, 6) is 0. The highest BCUT2D eigenvalue weighted by Crippen LogP contribution is 2.11. The van der Waals surface area contributed by atoms with Crippen LogP contribution in [0.2, 0.25) is 0 Å². The number of nitrogens with zero attached hydrogens (tertiary/aromatic N) is 1. The van der Waals surface area contributed by atoms with Gasteiger partial charge in [0.25, 0.3) is 0 Å². The summed E-state index contributed by atoms with van der Waals surface area (Å²) in [7, 11) is 0. The van der Waals surface area contributed by atoms with Crippen LogP contribution >= 0.6 is 27.7 Å². The fourth-order valence-corrected chi connectivity index (χ4v) is 0.742. The molecule has 1 aliphatic rings. The van der Waals surface area contributed by atoms with Crippen molar-refractivity contribution < 1.29 is 0 Å². The maximum atomic E-state index is 5.50. The quantitative estimate of drug-likeness (QED) is 0.345. The minimum Gasteiger partial charge on any atom is -0.360 e. The topological polar surface area (TPSA) is 15.3 Å². The Kier molecular flexibility index (Phi) is 1.44. The second-order valence-corrected chi connectivity index (χ2v) is 2.42. The van der Waals surface area contributed by atoms with Crippen LogP contribution in [0.5, 0.6) is 0 Å². The first kappa shape index (κ1) is 5.25. The molecule has 1 heterocycles. The third-order valence-electron chi connectivity index (χ3n) is 0.667. The zero-order chi connectivity index (χ0) is 5.28. The lowest BCUT2D eigenvalue weighted by Crippen LogP contribution is -2.21. The summed E-state index contributed by atoms with van der Waals surface area (Å²) >= 11 is 8.72. The molecule has 0 radical (unpaired) electrons. The lowest BCUT2D eigenvalue weighted by atomic mass is 11.0. The van der Waals surface area contributed by atoms with Gasteiger partial charge >= 0.3 is 0 Å². The van der Waals surface area contributed by atoms with Crippen LogP contribution in [0.4, 0.5) is 0 Å². The van der Waals surface area contributed by atoms with Crippen molar-refractivity contribution in [1.29, 1.82) is 0 Å². The van der Waals surface area contributed by atoms with Crippen molar-refractivity contribution in [3.8, 4) is 0 Å². The van der Waals surface area contributed by atoms with Gasteiger partial charge in [0.15, 0.2) is 5.08 Å². The molecule has 0 amide bonds. The summed E-state index contributed by atoms with van der Waals surface area (Å²) in [6.45, 7) is 0. The van der Waals surface area contributed by atoms with E-state index in [1.807, 2.05) is 0 Å². The molecule has 0 aromatic rings. The molecule has 1 atom stereocenters. The highest BCUT2D eigenvalue weighted by Gasteiger charge is 2.10. The summed E-state index contributed by atoms with van der Waals surface area (Å²) in [4.78, 5) is 0. The maximum absolute atomic E-state index is 5.50. The van der Waals surface area contributed by atoms with Gasteiger partial charge in [0, 0.05) is 24.2 Å². The predicted molar refractivity (Wildman–Crippen MR) is 32.7 cm³/mol. The number of nitrogens with one attached hydrogen (secondary N) is 1. The van der Waals surface area contributed by atoms with E-state index in [9.17, 15) is 0 Å². The van der Waals surface area contributed by atoms with Crippen molar-refractivity contribution in [2.75, 3.05) is 0 Å². The average Bonchev–Trinajstić information content (AvgIpc) is 1.91. The lowest BCUT2D eigenvalue weighted by Gasteiger charge is -2.08. The van der Waals surface area contributed by atoms with Gasteiger partial charge in [-0.3, -0.25) is 4.42 Å². The Balaban J connectivity index is 2.45. The average molecular weight is 183 g/mol. The van der Waals surface area contributed by atoms with E-state index in [-0.39, 0.29) is 5.08 Å². The standard InChI is InChI=1S/C3H4BrClN2/c4-3-6-1-2-7(3)5/h1-3,6H. The van der Waals surface area contributed by atoms with E-state index in [4.69, 9.17) is 11.8 Å². The SMILES string of the molecule is ClN1C=CNC1Br.